The standard InChI is InChI=1S/C12H14Cl2N2O/c1-6(7-2-3-7)16-12(17)9-4-8(13)5-10(14)11(9)15/h4-7H,2-3,15H2,1H3,(H,16,17). The molecule has 1 aromatic carbocycles. The lowest BCUT2D eigenvalue weighted by molar-refractivity contribution is 0.0937. The molecule has 1 saturated carbocycles. The lowest BCUT2D eigenvalue weighted by Gasteiger charge is -2.14. The van der Waals surface area contributed by atoms with Crippen LogP contribution in [0.5, 0.6) is 0 Å². The molecule has 0 heterocycles. The molecule has 2 rings (SSSR count). The third-order valence-electron chi connectivity index (χ3n) is 3.03. The number of benzene rings is 1. The largest absolute Gasteiger partial charge is 0.397 e. The molecular formula is C12H14Cl2N2O. The highest BCUT2D eigenvalue weighted by molar-refractivity contribution is 6.37. The minimum atomic E-state index is -0.216. The minimum Gasteiger partial charge on any atom is -0.397 e. The van der Waals surface area contributed by atoms with Gasteiger partial charge in [-0.3, -0.25) is 4.79 Å². The Balaban J connectivity index is 2.17. The first kappa shape index (κ1) is 12.5. The zero-order valence-electron chi connectivity index (χ0n) is 9.47. The molecule has 0 spiro atoms. The van der Waals surface area contributed by atoms with Crippen LogP contribution in [-0.4, -0.2) is 11.9 Å². The Morgan fingerprint density at radius 2 is 2.12 bits per heavy atom. The molecule has 1 atom stereocenters. The molecule has 5 heteroatoms. The molecule has 17 heavy (non-hydrogen) atoms. The van der Waals surface area contributed by atoms with Crippen LogP contribution in [0.2, 0.25) is 10.0 Å². The molecule has 0 saturated heterocycles. The molecule has 1 aliphatic rings. The second kappa shape index (κ2) is 4.75. The van der Waals surface area contributed by atoms with Crippen LogP contribution in [0.1, 0.15) is 30.1 Å². The van der Waals surface area contributed by atoms with Gasteiger partial charge in [-0.1, -0.05) is 23.2 Å². The van der Waals surface area contributed by atoms with Gasteiger partial charge >= 0.3 is 0 Å². The summed E-state index contributed by atoms with van der Waals surface area (Å²) in [6.07, 6.45) is 2.35. The van der Waals surface area contributed by atoms with E-state index in [0.29, 0.717) is 21.5 Å². The van der Waals surface area contributed by atoms with Gasteiger partial charge in [0.1, 0.15) is 0 Å². The highest BCUT2D eigenvalue weighted by Gasteiger charge is 2.29. The highest BCUT2D eigenvalue weighted by Crippen LogP contribution is 2.33. The molecule has 1 aliphatic carbocycles. The first-order chi connectivity index (χ1) is 7.99. The van der Waals surface area contributed by atoms with Crippen LogP contribution < -0.4 is 11.1 Å². The van der Waals surface area contributed by atoms with Crippen molar-refractivity contribution >= 4 is 34.8 Å². The van der Waals surface area contributed by atoms with Gasteiger partial charge in [-0.05, 0) is 37.8 Å². The summed E-state index contributed by atoms with van der Waals surface area (Å²) in [6.45, 7) is 2.00. The monoisotopic (exact) mass is 272 g/mol. The van der Waals surface area contributed by atoms with Gasteiger partial charge in [0.15, 0.2) is 0 Å². The summed E-state index contributed by atoms with van der Waals surface area (Å²) in [5, 5.41) is 3.63. The topological polar surface area (TPSA) is 55.1 Å². The third kappa shape index (κ3) is 2.85. The normalized spacial score (nSPS) is 16.6. The summed E-state index contributed by atoms with van der Waals surface area (Å²) in [5.74, 6) is 0.376. The summed E-state index contributed by atoms with van der Waals surface area (Å²) in [5.41, 5.74) is 6.39. The zero-order valence-corrected chi connectivity index (χ0v) is 11.0. The van der Waals surface area contributed by atoms with E-state index in [-0.39, 0.29) is 17.6 Å². The summed E-state index contributed by atoms with van der Waals surface area (Å²) >= 11 is 11.7. The third-order valence-corrected chi connectivity index (χ3v) is 3.56. The average Bonchev–Trinajstić information content (AvgIpc) is 3.06. The number of nitrogens with one attached hydrogen (secondary N) is 1. The maximum absolute atomic E-state index is 12.0. The van der Waals surface area contributed by atoms with Crippen LogP contribution in [0.3, 0.4) is 0 Å². The Morgan fingerprint density at radius 3 is 2.71 bits per heavy atom. The van der Waals surface area contributed by atoms with Crippen molar-refractivity contribution in [2.75, 3.05) is 5.73 Å². The number of hydrogen-bond donors (Lipinski definition) is 2. The maximum atomic E-state index is 12.0. The maximum Gasteiger partial charge on any atom is 0.253 e. The van der Waals surface area contributed by atoms with Gasteiger partial charge in [0.25, 0.3) is 5.91 Å². The molecule has 0 bridgehead atoms. The number of anilines is 1. The number of nitrogens with two attached hydrogens (primary N) is 1. The van der Waals surface area contributed by atoms with Gasteiger partial charge in [-0.25, -0.2) is 0 Å². The second-order valence-corrected chi connectivity index (χ2v) is 5.29. The Hall–Kier alpha value is -0.930. The first-order valence-electron chi connectivity index (χ1n) is 5.54. The Labute approximate surface area is 110 Å². The van der Waals surface area contributed by atoms with E-state index >= 15 is 0 Å². The van der Waals surface area contributed by atoms with Crippen molar-refractivity contribution in [1.29, 1.82) is 0 Å². The van der Waals surface area contributed by atoms with Crippen LogP contribution in [-0.2, 0) is 0 Å². The molecule has 3 N–H and O–H groups in total. The van der Waals surface area contributed by atoms with Crippen LogP contribution in [0.4, 0.5) is 5.69 Å². The van der Waals surface area contributed by atoms with Gasteiger partial charge in [-0.2, -0.15) is 0 Å². The van der Waals surface area contributed by atoms with E-state index < -0.39 is 0 Å². The fourth-order valence-electron chi connectivity index (χ4n) is 1.77. The van der Waals surface area contributed by atoms with E-state index in [9.17, 15) is 4.79 Å². The second-order valence-electron chi connectivity index (χ2n) is 4.45. The molecule has 1 fully saturated rings. The van der Waals surface area contributed by atoms with Crippen molar-refractivity contribution in [3.05, 3.63) is 27.7 Å². The van der Waals surface area contributed by atoms with Crippen molar-refractivity contribution in [1.82, 2.24) is 5.32 Å². The predicted octanol–water partition coefficient (Wildman–Crippen LogP) is 3.10. The average molecular weight is 273 g/mol. The van der Waals surface area contributed by atoms with Crippen LogP contribution in [0.15, 0.2) is 12.1 Å². The molecule has 1 aromatic rings. The highest BCUT2D eigenvalue weighted by atomic mass is 35.5. The van der Waals surface area contributed by atoms with Crippen molar-refractivity contribution in [3.63, 3.8) is 0 Å². The molecule has 0 aromatic heterocycles. The number of hydrogen-bond acceptors (Lipinski definition) is 2. The van der Waals surface area contributed by atoms with Gasteiger partial charge < -0.3 is 11.1 Å². The first-order valence-corrected chi connectivity index (χ1v) is 6.30. The van der Waals surface area contributed by atoms with Crippen molar-refractivity contribution < 1.29 is 4.79 Å². The summed E-state index contributed by atoms with van der Waals surface area (Å²) < 4.78 is 0. The Morgan fingerprint density at radius 1 is 1.47 bits per heavy atom. The molecule has 3 nitrogen and oxygen atoms in total. The molecule has 92 valence electrons. The van der Waals surface area contributed by atoms with E-state index in [4.69, 9.17) is 28.9 Å². The van der Waals surface area contributed by atoms with E-state index in [2.05, 4.69) is 5.32 Å². The van der Waals surface area contributed by atoms with Gasteiger partial charge in [0.2, 0.25) is 0 Å². The smallest absolute Gasteiger partial charge is 0.253 e. The Kier molecular flexibility index (Phi) is 3.50. The van der Waals surface area contributed by atoms with Gasteiger partial charge in [0.05, 0.1) is 16.3 Å². The summed E-state index contributed by atoms with van der Waals surface area (Å²) in [6, 6.07) is 3.23. The number of nitrogen functional groups attached to an aromatic ring is 1. The minimum absolute atomic E-state index is 0.166. The number of halogens is 2. The Bertz CT molecular complexity index is 458. The number of rotatable bonds is 3. The van der Waals surface area contributed by atoms with Gasteiger partial charge in [-0.15, -0.1) is 0 Å². The molecule has 1 amide bonds. The summed E-state index contributed by atoms with van der Waals surface area (Å²) in [4.78, 5) is 12.0. The van der Waals surface area contributed by atoms with Crippen LogP contribution in [0.25, 0.3) is 0 Å². The van der Waals surface area contributed by atoms with E-state index in [1.807, 2.05) is 6.92 Å². The van der Waals surface area contributed by atoms with Crippen LogP contribution in [0, 0.1) is 5.92 Å². The van der Waals surface area contributed by atoms with Gasteiger partial charge in [0, 0.05) is 11.1 Å². The number of carbonyl (C=O) groups is 1. The fraction of sp³-hybridized carbons (Fsp3) is 0.417. The van der Waals surface area contributed by atoms with Crippen molar-refractivity contribution in [2.45, 2.75) is 25.8 Å². The zero-order chi connectivity index (χ0) is 12.6. The van der Waals surface area contributed by atoms with E-state index in [1.165, 1.54) is 25.0 Å². The quantitative estimate of drug-likeness (QED) is 0.831. The molecule has 1 unspecified atom stereocenters. The van der Waals surface area contributed by atoms with Crippen LogP contribution >= 0.6 is 23.2 Å². The fourth-order valence-corrected chi connectivity index (χ4v) is 2.26. The molecule has 0 aliphatic heterocycles. The van der Waals surface area contributed by atoms with E-state index in [0.717, 1.165) is 0 Å². The lowest BCUT2D eigenvalue weighted by atomic mass is 10.1. The summed E-state index contributed by atoms with van der Waals surface area (Å²) in [7, 11) is 0. The number of amides is 1. The molecular weight excluding hydrogens is 259 g/mol. The molecule has 0 radical (unpaired) electrons. The predicted molar refractivity (Wildman–Crippen MR) is 70.5 cm³/mol. The number of carbonyl (C=O) groups excluding carboxylic acids is 1. The van der Waals surface area contributed by atoms with Crippen molar-refractivity contribution in [2.24, 2.45) is 5.92 Å². The lowest BCUT2D eigenvalue weighted by Crippen LogP contribution is -2.34. The SMILES string of the molecule is CC(NC(=O)c1cc(Cl)cc(Cl)c1N)C1CC1. The van der Waals surface area contributed by atoms with Crippen molar-refractivity contribution in [3.8, 4) is 0 Å². The van der Waals surface area contributed by atoms with E-state index in [1.54, 1.807) is 0 Å².